The van der Waals surface area contributed by atoms with Gasteiger partial charge in [0.15, 0.2) is 4.88 Å². The van der Waals surface area contributed by atoms with Crippen molar-refractivity contribution in [2.45, 2.75) is 18.9 Å². The Morgan fingerprint density at radius 3 is 3.06 bits per heavy atom. The van der Waals surface area contributed by atoms with Crippen molar-refractivity contribution in [3.05, 3.63) is 16.3 Å². The standard InChI is InChI=1S/C11H14O4S/c1-14-11(13)10-9(4-5-16-10)15-6-8(12)7-2-3-7/h4-5,7-8,12H,2-3,6H2,1H3. The first kappa shape index (κ1) is 11.4. The predicted molar refractivity (Wildman–Crippen MR) is 59.9 cm³/mol. The third-order valence-corrected chi connectivity index (χ3v) is 3.45. The minimum Gasteiger partial charge on any atom is -0.489 e. The largest absolute Gasteiger partial charge is 0.489 e. The van der Waals surface area contributed by atoms with Crippen LogP contribution in [-0.2, 0) is 4.74 Å². The number of rotatable bonds is 5. The second kappa shape index (κ2) is 4.84. The molecule has 2 rings (SSSR count). The minimum atomic E-state index is -0.426. The highest BCUT2D eigenvalue weighted by Gasteiger charge is 2.30. The van der Waals surface area contributed by atoms with E-state index in [9.17, 15) is 9.90 Å². The van der Waals surface area contributed by atoms with Gasteiger partial charge in [-0.3, -0.25) is 0 Å². The Bertz CT molecular complexity index is 370. The maximum Gasteiger partial charge on any atom is 0.351 e. The molecule has 0 aliphatic heterocycles. The molecule has 0 spiro atoms. The van der Waals surface area contributed by atoms with Crippen molar-refractivity contribution in [1.29, 1.82) is 0 Å². The molecule has 88 valence electrons. The third kappa shape index (κ3) is 2.54. The quantitative estimate of drug-likeness (QED) is 0.798. The van der Waals surface area contributed by atoms with Gasteiger partial charge >= 0.3 is 5.97 Å². The molecule has 4 nitrogen and oxygen atoms in total. The maximum absolute atomic E-state index is 11.3. The summed E-state index contributed by atoms with van der Waals surface area (Å²) in [5.74, 6) is 0.475. The minimum absolute atomic E-state index is 0.241. The smallest absolute Gasteiger partial charge is 0.351 e. The van der Waals surface area contributed by atoms with Gasteiger partial charge in [-0.25, -0.2) is 4.79 Å². The van der Waals surface area contributed by atoms with E-state index in [4.69, 9.17) is 4.74 Å². The summed E-state index contributed by atoms with van der Waals surface area (Å²) in [6.07, 6.45) is 1.71. The summed E-state index contributed by atoms with van der Waals surface area (Å²) in [5.41, 5.74) is 0. The van der Waals surface area contributed by atoms with Crippen LogP contribution in [0.15, 0.2) is 11.4 Å². The molecule has 1 aliphatic carbocycles. The number of aliphatic hydroxyl groups excluding tert-OH is 1. The van der Waals surface area contributed by atoms with E-state index in [1.54, 1.807) is 11.4 Å². The number of hydrogen-bond donors (Lipinski definition) is 1. The van der Waals surface area contributed by atoms with Crippen LogP contribution in [0.3, 0.4) is 0 Å². The molecule has 16 heavy (non-hydrogen) atoms. The number of methoxy groups -OCH3 is 1. The van der Waals surface area contributed by atoms with Crippen LogP contribution in [0.4, 0.5) is 0 Å². The van der Waals surface area contributed by atoms with Crippen molar-refractivity contribution in [2.24, 2.45) is 5.92 Å². The molecule has 1 N–H and O–H groups in total. The molecular formula is C11H14O4S. The Morgan fingerprint density at radius 2 is 2.44 bits per heavy atom. The zero-order chi connectivity index (χ0) is 11.5. The topological polar surface area (TPSA) is 55.8 Å². The fraction of sp³-hybridized carbons (Fsp3) is 0.545. The van der Waals surface area contributed by atoms with Crippen LogP contribution >= 0.6 is 11.3 Å². The van der Waals surface area contributed by atoms with Gasteiger partial charge in [-0.05, 0) is 30.2 Å². The summed E-state index contributed by atoms with van der Waals surface area (Å²) in [4.78, 5) is 11.8. The van der Waals surface area contributed by atoms with Crippen molar-refractivity contribution < 1.29 is 19.4 Å². The molecule has 1 atom stereocenters. The highest BCUT2D eigenvalue weighted by Crippen LogP contribution is 2.33. The monoisotopic (exact) mass is 242 g/mol. The fourth-order valence-corrected chi connectivity index (χ4v) is 2.20. The summed E-state index contributed by atoms with van der Waals surface area (Å²) in [7, 11) is 1.34. The number of aliphatic hydroxyl groups is 1. The van der Waals surface area contributed by atoms with Crippen molar-refractivity contribution in [3.63, 3.8) is 0 Å². The average Bonchev–Trinajstić information content (AvgIpc) is 3.04. The predicted octanol–water partition coefficient (Wildman–Crippen LogP) is 1.68. The van der Waals surface area contributed by atoms with Gasteiger partial charge in [-0.2, -0.15) is 0 Å². The Balaban J connectivity index is 1.92. The van der Waals surface area contributed by atoms with E-state index in [1.165, 1.54) is 18.4 Å². The molecule has 0 aromatic carbocycles. The zero-order valence-corrected chi connectivity index (χ0v) is 9.83. The van der Waals surface area contributed by atoms with Crippen LogP contribution in [-0.4, -0.2) is 30.9 Å². The van der Waals surface area contributed by atoms with Crippen LogP contribution in [0.5, 0.6) is 5.75 Å². The molecular weight excluding hydrogens is 228 g/mol. The zero-order valence-electron chi connectivity index (χ0n) is 9.01. The molecule has 0 radical (unpaired) electrons. The lowest BCUT2D eigenvalue weighted by molar-refractivity contribution is 0.0591. The number of esters is 1. The van der Waals surface area contributed by atoms with Crippen molar-refractivity contribution in [2.75, 3.05) is 13.7 Å². The molecule has 1 saturated carbocycles. The Hall–Kier alpha value is -1.07. The lowest BCUT2D eigenvalue weighted by atomic mass is 10.2. The molecule has 1 fully saturated rings. The molecule has 1 aliphatic rings. The highest BCUT2D eigenvalue weighted by atomic mass is 32.1. The van der Waals surface area contributed by atoms with Crippen LogP contribution in [0.2, 0.25) is 0 Å². The molecule has 1 unspecified atom stereocenters. The normalized spacial score (nSPS) is 16.9. The Morgan fingerprint density at radius 1 is 1.69 bits per heavy atom. The van der Waals surface area contributed by atoms with Gasteiger partial charge in [0.25, 0.3) is 0 Å². The first-order chi connectivity index (χ1) is 7.72. The van der Waals surface area contributed by atoms with Gasteiger partial charge < -0.3 is 14.6 Å². The molecule has 0 bridgehead atoms. The Kier molecular flexibility index (Phi) is 3.46. The summed E-state index contributed by atoms with van der Waals surface area (Å²) in [5, 5.41) is 11.4. The van der Waals surface area contributed by atoms with Crippen molar-refractivity contribution in [1.82, 2.24) is 0 Å². The van der Waals surface area contributed by atoms with Gasteiger partial charge in [-0.1, -0.05) is 0 Å². The average molecular weight is 242 g/mol. The number of thiophene rings is 1. The van der Waals surface area contributed by atoms with Crippen LogP contribution in [0.1, 0.15) is 22.5 Å². The van der Waals surface area contributed by atoms with Crippen molar-refractivity contribution in [3.8, 4) is 5.75 Å². The lowest BCUT2D eigenvalue weighted by Crippen LogP contribution is -2.20. The first-order valence-electron chi connectivity index (χ1n) is 5.19. The van der Waals surface area contributed by atoms with E-state index in [-0.39, 0.29) is 6.61 Å². The fourth-order valence-electron chi connectivity index (χ4n) is 1.44. The van der Waals surface area contributed by atoms with Crippen LogP contribution in [0.25, 0.3) is 0 Å². The van der Waals surface area contributed by atoms with E-state index in [0.717, 1.165) is 12.8 Å². The molecule has 5 heteroatoms. The van der Waals surface area contributed by atoms with Crippen molar-refractivity contribution >= 4 is 17.3 Å². The second-order valence-electron chi connectivity index (χ2n) is 3.82. The maximum atomic E-state index is 11.3. The van der Waals surface area contributed by atoms with Gasteiger partial charge in [0.1, 0.15) is 12.4 Å². The third-order valence-electron chi connectivity index (χ3n) is 2.58. The first-order valence-corrected chi connectivity index (χ1v) is 6.07. The molecule has 0 amide bonds. The summed E-state index contributed by atoms with van der Waals surface area (Å²) >= 11 is 1.28. The molecule has 1 heterocycles. The number of carbonyl (C=O) groups is 1. The number of carbonyl (C=O) groups excluding carboxylic acids is 1. The number of ether oxygens (including phenoxy) is 2. The van der Waals surface area contributed by atoms with E-state index >= 15 is 0 Å². The molecule has 0 saturated heterocycles. The SMILES string of the molecule is COC(=O)c1sccc1OCC(O)C1CC1. The van der Waals surface area contributed by atoms with Crippen LogP contribution in [0, 0.1) is 5.92 Å². The summed E-state index contributed by atoms with van der Waals surface area (Å²) in [6, 6.07) is 1.72. The van der Waals surface area contributed by atoms with E-state index < -0.39 is 12.1 Å². The molecule has 1 aromatic heterocycles. The summed E-state index contributed by atoms with van der Waals surface area (Å²) in [6.45, 7) is 0.241. The Labute approximate surface area is 97.8 Å². The number of hydrogen-bond acceptors (Lipinski definition) is 5. The van der Waals surface area contributed by atoms with Gasteiger partial charge in [0.2, 0.25) is 0 Å². The highest BCUT2D eigenvalue weighted by molar-refractivity contribution is 7.12. The van der Waals surface area contributed by atoms with E-state index in [2.05, 4.69) is 4.74 Å². The van der Waals surface area contributed by atoms with Gasteiger partial charge in [0.05, 0.1) is 13.2 Å². The summed E-state index contributed by atoms with van der Waals surface area (Å²) < 4.78 is 10.1. The van der Waals surface area contributed by atoms with Gasteiger partial charge in [-0.15, -0.1) is 11.3 Å². The van der Waals surface area contributed by atoms with Crippen LogP contribution < -0.4 is 4.74 Å². The van der Waals surface area contributed by atoms with E-state index in [0.29, 0.717) is 16.5 Å². The van der Waals surface area contributed by atoms with E-state index in [1.807, 2.05) is 0 Å². The molecule has 1 aromatic rings. The van der Waals surface area contributed by atoms with Gasteiger partial charge in [0, 0.05) is 0 Å². The lowest BCUT2D eigenvalue weighted by Gasteiger charge is -2.10. The second-order valence-corrected chi connectivity index (χ2v) is 4.74.